The van der Waals surface area contributed by atoms with E-state index < -0.39 is 16.8 Å². The predicted octanol–water partition coefficient (Wildman–Crippen LogP) is -0.291. The van der Waals surface area contributed by atoms with Gasteiger partial charge in [-0.1, -0.05) is 0 Å². The Morgan fingerprint density at radius 3 is 2.56 bits per heavy atom. The monoisotopic (exact) mass is 363 g/mol. The third-order valence-corrected chi connectivity index (χ3v) is 3.77. The highest BCUT2D eigenvalue weighted by atomic mass is 35.5. The zero-order chi connectivity index (χ0) is 18.0. The third kappa shape index (κ3) is 3.36. The number of furan rings is 1. The first-order valence-electron chi connectivity index (χ1n) is 7.11. The van der Waals surface area contributed by atoms with Gasteiger partial charge < -0.3 is 14.8 Å². The first-order valence-corrected chi connectivity index (χ1v) is 7.65. The highest BCUT2D eigenvalue weighted by molar-refractivity contribution is 6.21. The smallest absolute Gasteiger partial charge is 0.346 e. The van der Waals surface area contributed by atoms with Crippen LogP contribution in [-0.2, 0) is 4.79 Å². The number of carbonyl (C=O) groups is 2. The van der Waals surface area contributed by atoms with Gasteiger partial charge in [-0.2, -0.15) is 4.90 Å². The maximum atomic E-state index is 11.9. The molecule has 1 aromatic heterocycles. The van der Waals surface area contributed by atoms with Gasteiger partial charge in [-0.3, -0.25) is 10.2 Å². The molecule has 1 N–H and O–H groups in total. The van der Waals surface area contributed by atoms with E-state index in [1.54, 1.807) is 24.3 Å². The van der Waals surface area contributed by atoms with Crippen molar-refractivity contribution < 1.29 is 18.9 Å². The molecule has 1 fully saturated rings. The maximum Gasteiger partial charge on any atom is 0.346 e. The number of hydrogen-bond donors (Lipinski definition) is 1. The van der Waals surface area contributed by atoms with Crippen molar-refractivity contribution in [2.24, 2.45) is 0 Å². The summed E-state index contributed by atoms with van der Waals surface area (Å²) in [6.07, 6.45) is 7.35. The van der Waals surface area contributed by atoms with Gasteiger partial charge in [0.2, 0.25) is 5.71 Å². The molecule has 1 saturated heterocycles. The number of alkyl halides is 1. The summed E-state index contributed by atoms with van der Waals surface area (Å²) in [6.45, 7) is -0.127. The fourth-order valence-corrected chi connectivity index (χ4v) is 2.47. The van der Waals surface area contributed by atoms with E-state index in [-0.39, 0.29) is 18.3 Å². The Morgan fingerprint density at radius 2 is 1.96 bits per heavy atom. The van der Waals surface area contributed by atoms with Crippen LogP contribution < -0.4 is 16.3 Å². The van der Waals surface area contributed by atoms with Gasteiger partial charge in [0.05, 0.1) is 6.20 Å². The van der Waals surface area contributed by atoms with Crippen LogP contribution >= 0.6 is 11.6 Å². The van der Waals surface area contributed by atoms with Gasteiger partial charge in [0, 0.05) is 17.7 Å². The highest BCUT2D eigenvalue weighted by Gasteiger charge is 2.35. The maximum absolute atomic E-state index is 11.9. The van der Waals surface area contributed by atoms with Crippen molar-refractivity contribution in [2.75, 3.05) is 12.5 Å². The number of nitrogens with one attached hydrogen (secondary N) is 1. The fourth-order valence-electron chi connectivity index (χ4n) is 2.23. The molecular weight excluding hydrogens is 352 g/mol. The summed E-state index contributed by atoms with van der Waals surface area (Å²) in [5.74, 6) is -0.396. The molecule has 3 amide bonds. The van der Waals surface area contributed by atoms with Crippen LogP contribution in [0, 0.1) is 10.4 Å². The molecule has 1 aromatic rings. The van der Waals surface area contributed by atoms with E-state index in [1.807, 2.05) is 0 Å². The summed E-state index contributed by atoms with van der Waals surface area (Å²) in [5, 5.41) is 22.4. The molecule has 0 radical (unpaired) electrons. The largest absolute Gasteiger partial charge is 0.612 e. The van der Waals surface area contributed by atoms with Crippen LogP contribution in [0.2, 0.25) is 0 Å². The molecule has 1 aliphatic carbocycles. The number of carbonyl (C=O) groups excluding carboxylic acids is 2. The van der Waals surface area contributed by atoms with Crippen molar-refractivity contribution in [1.82, 2.24) is 15.3 Å². The standard InChI is InChI=1S/C15H12ClN4O5/c16-9-18-14(21)8-19(15(18)22)17-7-12-5-6-13(25-12)10-1-3-11(4-2-10)20(23)24/h1-7,17H,8-9H2/q-1. The fraction of sp³-hybridized carbons (Fsp3) is 0.133. The van der Waals surface area contributed by atoms with Crippen molar-refractivity contribution >= 4 is 41.0 Å². The Hall–Kier alpha value is -3.20. The second-order valence-electron chi connectivity index (χ2n) is 5.09. The molecule has 25 heavy (non-hydrogen) atoms. The summed E-state index contributed by atoms with van der Waals surface area (Å²) in [6, 6.07) is 2.60. The SMILES string of the molecule is O=C1CN(NC=c2ccc(=C3C=CC(=[N+]([O-])[O-])C=C3)o2)C(=O)N1CCl. The van der Waals surface area contributed by atoms with Crippen LogP contribution in [0.5, 0.6) is 0 Å². The summed E-state index contributed by atoms with van der Waals surface area (Å²) in [7, 11) is 0. The average Bonchev–Trinajstić information content (AvgIpc) is 3.17. The summed E-state index contributed by atoms with van der Waals surface area (Å²) < 4.78 is 5.59. The Labute approximate surface area is 146 Å². The minimum atomic E-state index is -0.543. The lowest BCUT2D eigenvalue weighted by Crippen LogP contribution is -2.39. The molecule has 0 spiro atoms. The Bertz CT molecular complexity index is 908. The number of imide groups is 1. The number of rotatable bonds is 3. The lowest BCUT2D eigenvalue weighted by Gasteiger charge is -2.14. The minimum Gasteiger partial charge on any atom is -0.612 e. The summed E-state index contributed by atoms with van der Waals surface area (Å²) in [5.41, 5.74) is 4.27. The van der Waals surface area contributed by atoms with Crippen LogP contribution in [0.4, 0.5) is 4.79 Å². The molecule has 130 valence electrons. The number of urea groups is 1. The van der Waals surface area contributed by atoms with E-state index in [9.17, 15) is 20.0 Å². The van der Waals surface area contributed by atoms with E-state index in [2.05, 4.69) is 5.43 Å². The molecule has 0 atom stereocenters. The lowest BCUT2D eigenvalue weighted by atomic mass is 10.1. The van der Waals surface area contributed by atoms with E-state index in [0.717, 1.165) is 9.91 Å². The summed E-state index contributed by atoms with van der Waals surface area (Å²) >= 11 is 5.54. The molecule has 0 bridgehead atoms. The molecule has 3 rings (SSSR count). The molecule has 2 heterocycles. The minimum absolute atomic E-state index is 0.00943. The van der Waals surface area contributed by atoms with Gasteiger partial charge in [0.25, 0.3) is 5.91 Å². The molecule has 0 unspecified atom stereocenters. The van der Waals surface area contributed by atoms with E-state index >= 15 is 0 Å². The predicted molar refractivity (Wildman–Crippen MR) is 88.9 cm³/mol. The van der Waals surface area contributed by atoms with Gasteiger partial charge >= 0.3 is 6.03 Å². The average molecular weight is 364 g/mol. The van der Waals surface area contributed by atoms with Crippen LogP contribution in [0.25, 0.3) is 11.8 Å². The number of hydrazine groups is 1. The first kappa shape index (κ1) is 16.7. The first-order chi connectivity index (χ1) is 12.0. The van der Waals surface area contributed by atoms with Crippen molar-refractivity contribution in [3.05, 3.63) is 57.7 Å². The van der Waals surface area contributed by atoms with Crippen molar-refractivity contribution in [2.45, 2.75) is 0 Å². The second-order valence-corrected chi connectivity index (χ2v) is 5.33. The van der Waals surface area contributed by atoms with Gasteiger partial charge in [-0.25, -0.2) is 14.7 Å². The molecule has 2 aliphatic rings. The molecule has 1 aliphatic heterocycles. The normalized spacial score (nSPS) is 17.9. The van der Waals surface area contributed by atoms with Crippen LogP contribution in [0.15, 0.2) is 40.9 Å². The molecular formula is C15H12ClN4O5-. The third-order valence-electron chi connectivity index (χ3n) is 3.53. The Balaban J connectivity index is 1.78. The number of halogens is 1. The van der Waals surface area contributed by atoms with Crippen LogP contribution in [0.3, 0.4) is 0 Å². The van der Waals surface area contributed by atoms with E-state index in [1.165, 1.54) is 18.4 Å². The van der Waals surface area contributed by atoms with E-state index in [0.29, 0.717) is 16.4 Å². The Morgan fingerprint density at radius 1 is 1.24 bits per heavy atom. The zero-order valence-electron chi connectivity index (χ0n) is 12.7. The molecule has 9 nitrogen and oxygen atoms in total. The molecule has 0 saturated carbocycles. The molecule has 10 heteroatoms. The molecule has 0 aromatic carbocycles. The van der Waals surface area contributed by atoms with Crippen molar-refractivity contribution in [3.8, 4) is 0 Å². The van der Waals surface area contributed by atoms with Gasteiger partial charge in [-0.15, -0.1) is 11.6 Å². The van der Waals surface area contributed by atoms with Crippen LogP contribution in [-0.4, -0.2) is 45.0 Å². The Kier molecular flexibility index (Phi) is 4.48. The highest BCUT2D eigenvalue weighted by Crippen LogP contribution is 2.08. The van der Waals surface area contributed by atoms with Gasteiger partial charge in [0.1, 0.15) is 23.4 Å². The number of amides is 3. The quantitative estimate of drug-likeness (QED) is 0.259. The summed E-state index contributed by atoms with van der Waals surface area (Å²) in [4.78, 5) is 23.8. The second kappa shape index (κ2) is 6.73. The number of nitrogens with zero attached hydrogens (tertiary/aromatic N) is 3. The van der Waals surface area contributed by atoms with Crippen molar-refractivity contribution in [3.63, 3.8) is 0 Å². The van der Waals surface area contributed by atoms with Gasteiger partial charge in [-0.05, 0) is 24.3 Å². The van der Waals surface area contributed by atoms with Crippen molar-refractivity contribution in [1.29, 1.82) is 0 Å². The van der Waals surface area contributed by atoms with Crippen LogP contribution in [0.1, 0.15) is 0 Å². The topological polar surface area (TPSA) is 115 Å². The van der Waals surface area contributed by atoms with E-state index in [4.69, 9.17) is 16.0 Å². The zero-order valence-corrected chi connectivity index (χ0v) is 13.5. The number of hydrogen-bond acceptors (Lipinski definition) is 6. The lowest BCUT2D eigenvalue weighted by molar-refractivity contribution is -0.377. The van der Waals surface area contributed by atoms with Gasteiger partial charge in [0.15, 0.2) is 0 Å². The number of allylic oxidation sites excluding steroid dienone is 4.